The van der Waals surface area contributed by atoms with Gasteiger partial charge in [0.15, 0.2) is 21.4 Å². The van der Waals surface area contributed by atoms with Crippen LogP contribution in [0.4, 0.5) is 14.5 Å². The lowest BCUT2D eigenvalue weighted by Crippen LogP contribution is -2.48. The number of hydrogen-bond donors (Lipinski definition) is 1. The van der Waals surface area contributed by atoms with Crippen molar-refractivity contribution in [1.29, 1.82) is 0 Å². The maximum Gasteiger partial charge on any atom is 0.183 e. The summed E-state index contributed by atoms with van der Waals surface area (Å²) in [5.74, 6) is -2.03. The van der Waals surface area contributed by atoms with E-state index in [1.807, 2.05) is 79.4 Å². The van der Waals surface area contributed by atoms with E-state index in [0.717, 1.165) is 11.1 Å². The lowest BCUT2D eigenvalue weighted by molar-refractivity contribution is -0.00566. The van der Waals surface area contributed by atoms with Gasteiger partial charge in [0.05, 0.1) is 17.9 Å². The van der Waals surface area contributed by atoms with Gasteiger partial charge in [0.1, 0.15) is 10.6 Å². The molecule has 0 saturated carbocycles. The van der Waals surface area contributed by atoms with E-state index in [-0.39, 0.29) is 33.5 Å². The van der Waals surface area contributed by atoms with Crippen LogP contribution in [0.2, 0.25) is 5.04 Å². The average Bonchev–Trinajstić information content (AvgIpc) is 2.86. The zero-order chi connectivity index (χ0) is 27.7. The number of nitrogens with zero attached hydrogens (tertiary/aromatic N) is 1. The first-order valence-electron chi connectivity index (χ1n) is 12.9. The Morgan fingerprint density at radius 2 is 1.45 bits per heavy atom. The zero-order valence-corrected chi connectivity index (χ0v) is 24.9. The van der Waals surface area contributed by atoms with Crippen molar-refractivity contribution in [2.45, 2.75) is 57.5 Å². The fourth-order valence-corrected chi connectivity index (χ4v) is 6.41. The van der Waals surface area contributed by atoms with Gasteiger partial charge in [-0.05, 0) is 36.1 Å². The minimum Gasteiger partial charge on any atom is -0.406 e. The third kappa shape index (κ3) is 5.68. The van der Waals surface area contributed by atoms with Gasteiger partial charge in [-0.2, -0.15) is 0 Å². The molecule has 4 rings (SSSR count). The summed E-state index contributed by atoms with van der Waals surface area (Å²) in [6, 6.07) is 21.1. The van der Waals surface area contributed by atoms with E-state index >= 15 is 8.78 Å². The van der Waals surface area contributed by atoms with Gasteiger partial charge in [0.25, 0.3) is 0 Å². The van der Waals surface area contributed by atoms with Crippen molar-refractivity contribution in [1.82, 2.24) is 0 Å². The SMILES string of the molecule is CC1CN(c2c(C(O[SiH2]C(C)(C)C)(c3ccccc3)c3ccccc3)cc(C(N)=S)c(F)c2F)CC(C)O1. The lowest BCUT2D eigenvalue weighted by Gasteiger charge is -2.43. The van der Waals surface area contributed by atoms with Gasteiger partial charge in [-0.15, -0.1) is 0 Å². The fourth-order valence-electron chi connectivity index (χ4n) is 5.13. The molecule has 3 aromatic carbocycles. The molecule has 0 bridgehead atoms. The maximum absolute atomic E-state index is 16.3. The smallest absolute Gasteiger partial charge is 0.183 e. The number of nitrogens with two attached hydrogens (primary N) is 1. The molecular weight excluding hydrogens is 518 g/mol. The molecule has 0 spiro atoms. The first kappa shape index (κ1) is 28.4. The Balaban J connectivity index is 2.14. The number of morpholine rings is 1. The van der Waals surface area contributed by atoms with E-state index in [9.17, 15) is 0 Å². The van der Waals surface area contributed by atoms with Crippen molar-refractivity contribution >= 4 is 32.7 Å². The molecule has 3 aromatic rings. The van der Waals surface area contributed by atoms with E-state index in [4.69, 9.17) is 27.1 Å². The number of halogens is 2. The van der Waals surface area contributed by atoms with Gasteiger partial charge < -0.3 is 19.8 Å². The van der Waals surface area contributed by atoms with Crippen LogP contribution in [0.25, 0.3) is 0 Å². The number of rotatable bonds is 7. The molecule has 1 fully saturated rings. The maximum atomic E-state index is 16.3. The number of benzene rings is 3. The van der Waals surface area contributed by atoms with Crippen LogP contribution in [-0.4, -0.2) is 40.0 Å². The molecule has 4 nitrogen and oxygen atoms in total. The minimum absolute atomic E-state index is 0.0818. The van der Waals surface area contributed by atoms with Gasteiger partial charge in [-0.3, -0.25) is 0 Å². The van der Waals surface area contributed by atoms with Crippen LogP contribution >= 0.6 is 12.2 Å². The van der Waals surface area contributed by atoms with Crippen molar-refractivity contribution in [2.24, 2.45) is 5.73 Å². The highest BCUT2D eigenvalue weighted by molar-refractivity contribution is 7.80. The van der Waals surface area contributed by atoms with Crippen LogP contribution in [-0.2, 0) is 14.8 Å². The molecule has 0 radical (unpaired) electrons. The van der Waals surface area contributed by atoms with Crippen LogP contribution in [0, 0.1) is 11.6 Å². The molecule has 0 aromatic heterocycles. The fraction of sp³-hybridized carbons (Fsp3) is 0.367. The Labute approximate surface area is 232 Å². The lowest BCUT2D eigenvalue weighted by atomic mass is 9.78. The summed E-state index contributed by atoms with van der Waals surface area (Å²) in [6.45, 7) is 11.1. The van der Waals surface area contributed by atoms with Crippen LogP contribution in [0.3, 0.4) is 0 Å². The standard InChI is InChI=1S/C30H36F2N2O2SSi/c1-19-17-34(18-20(2)35-19)27-24(16-23(28(33)37)25(31)26(27)32)30(36-38-29(3,4)5,21-12-8-6-9-13-21)22-14-10-7-11-15-22/h6-16,19-20H,17-18,38H2,1-5H3,(H2,33,37). The van der Waals surface area contributed by atoms with E-state index < -0.39 is 27.0 Å². The van der Waals surface area contributed by atoms with E-state index in [1.54, 1.807) is 6.07 Å². The summed E-state index contributed by atoms with van der Waals surface area (Å²) in [4.78, 5) is 1.67. The first-order valence-corrected chi connectivity index (χ1v) is 14.6. The van der Waals surface area contributed by atoms with E-state index in [0.29, 0.717) is 18.7 Å². The van der Waals surface area contributed by atoms with E-state index in [1.165, 1.54) is 0 Å². The van der Waals surface area contributed by atoms with E-state index in [2.05, 4.69) is 20.8 Å². The van der Waals surface area contributed by atoms with Crippen LogP contribution < -0.4 is 10.6 Å². The predicted octanol–water partition coefficient (Wildman–Crippen LogP) is 5.82. The Kier molecular flexibility index (Phi) is 8.37. The van der Waals surface area contributed by atoms with Gasteiger partial charge in [-0.1, -0.05) is 93.7 Å². The topological polar surface area (TPSA) is 47.7 Å². The number of hydrogen-bond acceptors (Lipinski definition) is 4. The minimum atomic E-state index is -1.23. The molecule has 2 N–H and O–H groups in total. The summed E-state index contributed by atoms with van der Waals surface area (Å²) in [6.07, 6.45) is -0.339. The van der Waals surface area contributed by atoms with Gasteiger partial charge >= 0.3 is 0 Å². The highest BCUT2D eigenvalue weighted by atomic mass is 32.1. The third-order valence-electron chi connectivity index (χ3n) is 6.64. The quantitative estimate of drug-likeness (QED) is 0.227. The average molecular weight is 555 g/mol. The highest BCUT2D eigenvalue weighted by Gasteiger charge is 2.44. The van der Waals surface area contributed by atoms with Crippen molar-refractivity contribution < 1.29 is 17.9 Å². The van der Waals surface area contributed by atoms with Crippen molar-refractivity contribution in [2.75, 3.05) is 18.0 Å². The molecule has 1 saturated heterocycles. The van der Waals surface area contributed by atoms with Crippen molar-refractivity contribution in [3.8, 4) is 0 Å². The third-order valence-corrected chi connectivity index (χ3v) is 8.31. The van der Waals surface area contributed by atoms with Crippen molar-refractivity contribution in [3.63, 3.8) is 0 Å². The van der Waals surface area contributed by atoms with Gasteiger partial charge in [-0.25, -0.2) is 8.78 Å². The molecule has 1 aliphatic heterocycles. The Morgan fingerprint density at radius 3 is 1.89 bits per heavy atom. The molecule has 1 aliphatic rings. The monoisotopic (exact) mass is 554 g/mol. The summed E-state index contributed by atoms with van der Waals surface area (Å²) in [5.41, 5.74) is 6.86. The number of thiocarbonyl (C=S) groups is 1. The normalized spacial score (nSPS) is 18.8. The summed E-state index contributed by atoms with van der Waals surface area (Å²) < 4.78 is 44.9. The molecule has 2 unspecified atom stereocenters. The Bertz CT molecular complexity index is 1240. The Hall–Kier alpha value is -2.65. The molecule has 2 atom stereocenters. The molecule has 0 amide bonds. The van der Waals surface area contributed by atoms with Crippen LogP contribution in [0.15, 0.2) is 66.7 Å². The zero-order valence-electron chi connectivity index (χ0n) is 22.6. The molecule has 202 valence electrons. The van der Waals surface area contributed by atoms with Crippen LogP contribution in [0.1, 0.15) is 56.9 Å². The number of ether oxygens (including phenoxy) is 1. The second-order valence-electron chi connectivity index (χ2n) is 11.2. The molecular formula is C30H36F2N2O2SSi. The van der Waals surface area contributed by atoms with Gasteiger partial charge in [0, 0.05) is 24.2 Å². The molecule has 8 heteroatoms. The molecule has 38 heavy (non-hydrogen) atoms. The first-order chi connectivity index (χ1) is 17.9. The molecule has 1 heterocycles. The number of anilines is 1. The summed E-state index contributed by atoms with van der Waals surface area (Å²) >= 11 is 5.19. The summed E-state index contributed by atoms with van der Waals surface area (Å²) in [7, 11) is -1.23. The van der Waals surface area contributed by atoms with Crippen LogP contribution in [0.5, 0.6) is 0 Å². The molecule has 0 aliphatic carbocycles. The van der Waals surface area contributed by atoms with Gasteiger partial charge in [0.2, 0.25) is 0 Å². The summed E-state index contributed by atoms with van der Waals surface area (Å²) in [5, 5.41) is -0.0818. The highest BCUT2D eigenvalue weighted by Crippen LogP contribution is 2.47. The second-order valence-corrected chi connectivity index (χ2v) is 14.4. The largest absolute Gasteiger partial charge is 0.406 e. The predicted molar refractivity (Wildman–Crippen MR) is 157 cm³/mol. The second kappa shape index (κ2) is 11.2. The van der Waals surface area contributed by atoms with Crippen molar-refractivity contribution in [3.05, 3.63) is 101 Å². The Morgan fingerprint density at radius 1 is 0.947 bits per heavy atom.